The fourth-order valence-electron chi connectivity index (χ4n) is 1.93. The Morgan fingerprint density at radius 1 is 1.26 bits per heavy atom. The first kappa shape index (κ1) is 17.0. The fourth-order valence-corrected chi connectivity index (χ4v) is 1.93. The van der Waals surface area contributed by atoms with Crippen molar-refractivity contribution in [3.05, 3.63) is 42.0 Å². The number of ether oxygens (including phenoxy) is 1. The number of rotatable bonds is 8. The predicted molar refractivity (Wildman–Crippen MR) is 83.5 cm³/mol. The van der Waals surface area contributed by atoms with E-state index in [9.17, 15) is 9.18 Å². The summed E-state index contributed by atoms with van der Waals surface area (Å²) in [6.45, 7) is 1.63. The van der Waals surface area contributed by atoms with Gasteiger partial charge in [-0.2, -0.15) is 0 Å². The molecular formula is C16H20FN3O3. The largest absolute Gasteiger partial charge is 0.444 e. The van der Waals surface area contributed by atoms with E-state index >= 15 is 0 Å². The Morgan fingerprint density at radius 2 is 2.00 bits per heavy atom. The van der Waals surface area contributed by atoms with Crippen LogP contribution in [0.25, 0.3) is 11.5 Å². The van der Waals surface area contributed by atoms with Crippen LogP contribution in [0.15, 0.2) is 34.9 Å². The smallest absolute Gasteiger partial charge is 0.314 e. The number of amides is 2. The minimum absolute atomic E-state index is 0.219. The summed E-state index contributed by atoms with van der Waals surface area (Å²) >= 11 is 0. The van der Waals surface area contributed by atoms with Crippen molar-refractivity contribution in [3.63, 3.8) is 0 Å². The molecule has 7 heteroatoms. The molecule has 1 heterocycles. The van der Waals surface area contributed by atoms with E-state index in [1.165, 1.54) is 18.4 Å². The van der Waals surface area contributed by atoms with E-state index in [4.69, 9.17) is 9.15 Å². The molecule has 0 fully saturated rings. The highest BCUT2D eigenvalue weighted by atomic mass is 19.1. The average Bonchev–Trinajstić information content (AvgIpc) is 3.01. The van der Waals surface area contributed by atoms with Gasteiger partial charge in [0.05, 0.1) is 5.69 Å². The lowest BCUT2D eigenvalue weighted by Gasteiger charge is -2.06. The first-order valence-electron chi connectivity index (χ1n) is 7.40. The second kappa shape index (κ2) is 8.89. The van der Waals surface area contributed by atoms with E-state index in [2.05, 4.69) is 15.6 Å². The number of carbonyl (C=O) groups is 1. The van der Waals surface area contributed by atoms with Gasteiger partial charge in [0.2, 0.25) is 5.89 Å². The van der Waals surface area contributed by atoms with E-state index < -0.39 is 0 Å². The Bertz CT molecular complexity index is 613. The second-order valence-electron chi connectivity index (χ2n) is 4.93. The Morgan fingerprint density at radius 3 is 2.74 bits per heavy atom. The minimum Gasteiger partial charge on any atom is -0.444 e. The summed E-state index contributed by atoms with van der Waals surface area (Å²) in [7, 11) is 1.62. The van der Waals surface area contributed by atoms with Gasteiger partial charge in [-0.25, -0.2) is 14.2 Å². The molecule has 2 rings (SSSR count). The van der Waals surface area contributed by atoms with Gasteiger partial charge in [0, 0.05) is 38.8 Å². The molecule has 124 valence electrons. The molecule has 0 aliphatic heterocycles. The van der Waals surface area contributed by atoms with Crippen LogP contribution in [0, 0.1) is 5.82 Å². The number of urea groups is 1. The van der Waals surface area contributed by atoms with Gasteiger partial charge in [-0.05, 0) is 30.7 Å². The number of benzene rings is 1. The van der Waals surface area contributed by atoms with Crippen LogP contribution >= 0.6 is 0 Å². The van der Waals surface area contributed by atoms with Crippen molar-refractivity contribution in [2.75, 3.05) is 26.8 Å². The minimum atomic E-state index is -0.304. The van der Waals surface area contributed by atoms with Gasteiger partial charge >= 0.3 is 6.03 Å². The summed E-state index contributed by atoms with van der Waals surface area (Å²) in [6, 6.07) is 5.71. The lowest BCUT2D eigenvalue weighted by Crippen LogP contribution is -2.37. The van der Waals surface area contributed by atoms with Crippen LogP contribution in [0.1, 0.15) is 12.1 Å². The molecule has 2 amide bonds. The van der Waals surface area contributed by atoms with Crippen LogP contribution in [-0.4, -0.2) is 37.8 Å². The molecule has 0 spiro atoms. The lowest BCUT2D eigenvalue weighted by atomic mass is 10.2. The van der Waals surface area contributed by atoms with Crippen LogP contribution in [0.4, 0.5) is 9.18 Å². The molecule has 2 aromatic rings. The van der Waals surface area contributed by atoms with E-state index in [-0.39, 0.29) is 11.8 Å². The van der Waals surface area contributed by atoms with E-state index in [0.29, 0.717) is 37.6 Å². The number of halogens is 1. The van der Waals surface area contributed by atoms with Crippen molar-refractivity contribution in [1.29, 1.82) is 0 Å². The monoisotopic (exact) mass is 321 g/mol. The SMILES string of the molecule is COCCCNC(=O)NCCc1coc(-c2ccc(F)cc2)n1. The van der Waals surface area contributed by atoms with Gasteiger partial charge in [-0.1, -0.05) is 0 Å². The first-order chi connectivity index (χ1) is 11.2. The third-order valence-electron chi connectivity index (χ3n) is 3.12. The Labute approximate surface area is 134 Å². The number of nitrogens with zero attached hydrogens (tertiary/aromatic N) is 1. The molecule has 0 saturated carbocycles. The average molecular weight is 321 g/mol. The van der Waals surface area contributed by atoms with Crippen molar-refractivity contribution in [3.8, 4) is 11.5 Å². The number of hydrogen-bond acceptors (Lipinski definition) is 4. The highest BCUT2D eigenvalue weighted by molar-refractivity contribution is 5.73. The zero-order chi connectivity index (χ0) is 16.5. The van der Waals surface area contributed by atoms with Gasteiger partial charge in [-0.15, -0.1) is 0 Å². The molecule has 0 aliphatic carbocycles. The van der Waals surface area contributed by atoms with Gasteiger partial charge in [0.15, 0.2) is 0 Å². The van der Waals surface area contributed by atoms with Crippen molar-refractivity contribution < 1.29 is 18.3 Å². The quantitative estimate of drug-likeness (QED) is 0.732. The molecule has 0 atom stereocenters. The highest BCUT2D eigenvalue weighted by Crippen LogP contribution is 2.18. The maximum absolute atomic E-state index is 12.9. The summed E-state index contributed by atoms with van der Waals surface area (Å²) < 4.78 is 23.1. The zero-order valence-electron chi connectivity index (χ0n) is 13.0. The lowest BCUT2D eigenvalue weighted by molar-refractivity contribution is 0.193. The third kappa shape index (κ3) is 5.71. The fraction of sp³-hybridized carbons (Fsp3) is 0.375. The molecule has 23 heavy (non-hydrogen) atoms. The van der Waals surface area contributed by atoms with Crippen LogP contribution in [-0.2, 0) is 11.2 Å². The number of oxazole rings is 1. The molecule has 1 aromatic heterocycles. The summed E-state index contributed by atoms with van der Waals surface area (Å²) in [6.07, 6.45) is 2.86. The number of nitrogens with one attached hydrogen (secondary N) is 2. The summed E-state index contributed by atoms with van der Waals surface area (Å²) in [5.41, 5.74) is 1.44. The maximum Gasteiger partial charge on any atom is 0.314 e. The summed E-state index contributed by atoms with van der Waals surface area (Å²) in [5.74, 6) is 0.130. The van der Waals surface area contributed by atoms with E-state index in [1.54, 1.807) is 19.2 Å². The molecule has 6 nitrogen and oxygen atoms in total. The Kier molecular flexibility index (Phi) is 6.56. The molecular weight excluding hydrogens is 301 g/mol. The molecule has 2 N–H and O–H groups in total. The summed E-state index contributed by atoms with van der Waals surface area (Å²) in [5, 5.41) is 5.47. The molecule has 0 saturated heterocycles. The predicted octanol–water partition coefficient (Wildman–Crippen LogP) is 2.36. The van der Waals surface area contributed by atoms with E-state index in [0.717, 1.165) is 12.1 Å². The zero-order valence-corrected chi connectivity index (χ0v) is 13.0. The number of hydrogen-bond donors (Lipinski definition) is 2. The van der Waals surface area contributed by atoms with Crippen molar-refractivity contribution >= 4 is 6.03 Å². The first-order valence-corrected chi connectivity index (χ1v) is 7.40. The molecule has 0 radical (unpaired) electrons. The molecule has 1 aromatic carbocycles. The van der Waals surface area contributed by atoms with Crippen molar-refractivity contribution in [2.24, 2.45) is 0 Å². The Balaban J connectivity index is 1.72. The van der Waals surface area contributed by atoms with Gasteiger partial charge in [-0.3, -0.25) is 0 Å². The third-order valence-corrected chi connectivity index (χ3v) is 3.12. The number of methoxy groups -OCH3 is 1. The second-order valence-corrected chi connectivity index (χ2v) is 4.93. The topological polar surface area (TPSA) is 76.4 Å². The standard InChI is InChI=1S/C16H20FN3O3/c1-22-10-2-8-18-16(21)19-9-7-14-11-23-15(20-14)12-3-5-13(17)6-4-12/h3-6,11H,2,7-10H2,1H3,(H2,18,19,21). The van der Waals surface area contributed by atoms with Crippen LogP contribution in [0.3, 0.4) is 0 Å². The van der Waals surface area contributed by atoms with Gasteiger partial charge in [0.25, 0.3) is 0 Å². The number of carbonyl (C=O) groups excluding carboxylic acids is 1. The molecule has 0 bridgehead atoms. The van der Waals surface area contributed by atoms with Crippen molar-refractivity contribution in [1.82, 2.24) is 15.6 Å². The van der Waals surface area contributed by atoms with Gasteiger partial charge < -0.3 is 19.8 Å². The van der Waals surface area contributed by atoms with E-state index in [1.807, 2.05) is 0 Å². The van der Waals surface area contributed by atoms with Crippen molar-refractivity contribution in [2.45, 2.75) is 12.8 Å². The van der Waals surface area contributed by atoms with Crippen LogP contribution < -0.4 is 10.6 Å². The van der Waals surface area contributed by atoms with Crippen LogP contribution in [0.2, 0.25) is 0 Å². The van der Waals surface area contributed by atoms with Crippen LogP contribution in [0.5, 0.6) is 0 Å². The Hall–Kier alpha value is -2.41. The normalized spacial score (nSPS) is 10.5. The molecule has 0 unspecified atom stereocenters. The maximum atomic E-state index is 12.9. The summed E-state index contributed by atoms with van der Waals surface area (Å²) in [4.78, 5) is 15.8. The van der Waals surface area contributed by atoms with Gasteiger partial charge in [0.1, 0.15) is 12.1 Å². The number of aromatic nitrogens is 1. The highest BCUT2D eigenvalue weighted by Gasteiger charge is 2.07. The molecule has 0 aliphatic rings.